The van der Waals surface area contributed by atoms with Gasteiger partial charge in [-0.25, -0.2) is 4.39 Å². The normalized spacial score (nSPS) is 17.6. The van der Waals surface area contributed by atoms with Gasteiger partial charge in [0.15, 0.2) is 0 Å². The van der Waals surface area contributed by atoms with E-state index in [0.29, 0.717) is 12.0 Å². The van der Waals surface area contributed by atoms with Crippen LogP contribution in [0.3, 0.4) is 0 Å². The molecular weight excluding hydrogens is 251 g/mol. The van der Waals surface area contributed by atoms with Crippen molar-refractivity contribution in [3.8, 4) is 0 Å². The van der Waals surface area contributed by atoms with Crippen LogP contribution in [0.2, 0.25) is 0 Å². The standard InChI is InChI=1S/C17H27FN2/c1-17(2,3)14-7-10-20(11-8-14)16-5-4-13(6-9-19)12-15(16)18/h4-5,12,14H,6-11,19H2,1-3H3. The van der Waals surface area contributed by atoms with Gasteiger partial charge < -0.3 is 10.6 Å². The van der Waals surface area contributed by atoms with Gasteiger partial charge in [-0.1, -0.05) is 26.8 Å². The summed E-state index contributed by atoms with van der Waals surface area (Å²) in [6.45, 7) is 9.38. The van der Waals surface area contributed by atoms with Crippen LogP contribution in [0.1, 0.15) is 39.2 Å². The molecule has 1 aliphatic rings. The second-order valence-electron chi connectivity index (χ2n) is 6.95. The highest BCUT2D eigenvalue weighted by atomic mass is 19.1. The topological polar surface area (TPSA) is 29.3 Å². The summed E-state index contributed by atoms with van der Waals surface area (Å²) in [4.78, 5) is 2.18. The van der Waals surface area contributed by atoms with E-state index in [1.807, 2.05) is 12.1 Å². The first-order chi connectivity index (χ1) is 9.41. The Bertz CT molecular complexity index is 443. The summed E-state index contributed by atoms with van der Waals surface area (Å²) in [5, 5.41) is 0. The Labute approximate surface area is 122 Å². The Balaban J connectivity index is 2.03. The van der Waals surface area contributed by atoms with E-state index in [1.54, 1.807) is 6.07 Å². The average molecular weight is 278 g/mol. The van der Waals surface area contributed by atoms with Gasteiger partial charge in [0, 0.05) is 13.1 Å². The Morgan fingerprint density at radius 1 is 1.25 bits per heavy atom. The lowest BCUT2D eigenvalue weighted by Gasteiger charge is -2.39. The van der Waals surface area contributed by atoms with Crippen molar-refractivity contribution in [2.24, 2.45) is 17.1 Å². The predicted molar refractivity (Wildman–Crippen MR) is 83.6 cm³/mol. The highest BCUT2D eigenvalue weighted by Gasteiger charge is 2.29. The lowest BCUT2D eigenvalue weighted by Crippen LogP contribution is -2.38. The van der Waals surface area contributed by atoms with Crippen LogP contribution >= 0.6 is 0 Å². The summed E-state index contributed by atoms with van der Waals surface area (Å²) < 4.78 is 14.2. The van der Waals surface area contributed by atoms with Crippen molar-refractivity contribution in [3.63, 3.8) is 0 Å². The number of halogens is 1. The molecule has 112 valence electrons. The minimum Gasteiger partial charge on any atom is -0.369 e. The van der Waals surface area contributed by atoms with Gasteiger partial charge in [0.1, 0.15) is 5.82 Å². The van der Waals surface area contributed by atoms with Crippen molar-refractivity contribution in [1.82, 2.24) is 0 Å². The number of nitrogens with two attached hydrogens (primary N) is 1. The molecule has 0 saturated carbocycles. The predicted octanol–water partition coefficient (Wildman–Crippen LogP) is 3.59. The summed E-state index contributed by atoms with van der Waals surface area (Å²) >= 11 is 0. The quantitative estimate of drug-likeness (QED) is 0.915. The van der Waals surface area contributed by atoms with Gasteiger partial charge in [-0.05, 0) is 54.8 Å². The zero-order valence-electron chi connectivity index (χ0n) is 13.0. The third-order valence-corrected chi connectivity index (χ3v) is 4.51. The van der Waals surface area contributed by atoms with E-state index in [2.05, 4.69) is 25.7 Å². The first kappa shape index (κ1) is 15.3. The fourth-order valence-electron chi connectivity index (χ4n) is 3.12. The molecule has 1 heterocycles. The third kappa shape index (κ3) is 3.51. The van der Waals surface area contributed by atoms with Crippen LogP contribution in [0.25, 0.3) is 0 Å². The number of benzene rings is 1. The molecule has 0 radical (unpaired) electrons. The molecular formula is C17H27FN2. The summed E-state index contributed by atoms with van der Waals surface area (Å²) in [6, 6.07) is 5.55. The van der Waals surface area contributed by atoms with E-state index in [0.717, 1.165) is 49.5 Å². The number of rotatable bonds is 3. The van der Waals surface area contributed by atoms with Gasteiger partial charge in [-0.3, -0.25) is 0 Å². The summed E-state index contributed by atoms with van der Waals surface area (Å²) in [7, 11) is 0. The molecule has 0 atom stereocenters. The molecule has 0 bridgehead atoms. The maximum absolute atomic E-state index is 14.2. The zero-order valence-corrected chi connectivity index (χ0v) is 13.0. The highest BCUT2D eigenvalue weighted by Crippen LogP contribution is 2.36. The Hall–Kier alpha value is -1.09. The summed E-state index contributed by atoms with van der Waals surface area (Å²) in [6.07, 6.45) is 3.03. The largest absolute Gasteiger partial charge is 0.369 e. The summed E-state index contributed by atoms with van der Waals surface area (Å²) in [5.41, 5.74) is 7.60. The fraction of sp³-hybridized carbons (Fsp3) is 0.647. The molecule has 1 aliphatic heterocycles. The van der Waals surface area contributed by atoms with E-state index in [1.165, 1.54) is 0 Å². The molecule has 0 aliphatic carbocycles. The van der Waals surface area contributed by atoms with Gasteiger partial charge in [0.05, 0.1) is 5.69 Å². The number of hydrogen-bond acceptors (Lipinski definition) is 2. The maximum Gasteiger partial charge on any atom is 0.146 e. The Morgan fingerprint density at radius 3 is 2.40 bits per heavy atom. The minimum absolute atomic E-state index is 0.106. The molecule has 1 saturated heterocycles. The van der Waals surface area contributed by atoms with Crippen molar-refractivity contribution >= 4 is 5.69 Å². The van der Waals surface area contributed by atoms with Crippen molar-refractivity contribution in [2.45, 2.75) is 40.0 Å². The molecule has 20 heavy (non-hydrogen) atoms. The molecule has 1 fully saturated rings. The first-order valence-electron chi connectivity index (χ1n) is 7.65. The van der Waals surface area contributed by atoms with Crippen LogP contribution in [-0.2, 0) is 6.42 Å². The SMILES string of the molecule is CC(C)(C)C1CCN(c2ccc(CCN)cc2F)CC1. The van der Waals surface area contributed by atoms with Crippen LogP contribution in [-0.4, -0.2) is 19.6 Å². The van der Waals surface area contributed by atoms with E-state index in [9.17, 15) is 4.39 Å². The third-order valence-electron chi connectivity index (χ3n) is 4.51. The molecule has 2 rings (SSSR count). The van der Waals surface area contributed by atoms with Crippen LogP contribution in [0.15, 0.2) is 18.2 Å². The average Bonchev–Trinajstić information content (AvgIpc) is 2.38. The van der Waals surface area contributed by atoms with E-state index < -0.39 is 0 Å². The van der Waals surface area contributed by atoms with Crippen LogP contribution in [0.5, 0.6) is 0 Å². The first-order valence-corrected chi connectivity index (χ1v) is 7.65. The smallest absolute Gasteiger partial charge is 0.146 e. The second-order valence-corrected chi connectivity index (χ2v) is 6.95. The monoisotopic (exact) mass is 278 g/mol. The Kier molecular flexibility index (Phi) is 4.69. The van der Waals surface area contributed by atoms with Gasteiger partial charge in [0.25, 0.3) is 0 Å². The number of hydrogen-bond donors (Lipinski definition) is 1. The van der Waals surface area contributed by atoms with E-state index >= 15 is 0 Å². The molecule has 0 amide bonds. The van der Waals surface area contributed by atoms with Gasteiger partial charge in [0.2, 0.25) is 0 Å². The van der Waals surface area contributed by atoms with Crippen LogP contribution < -0.4 is 10.6 Å². The molecule has 2 N–H and O–H groups in total. The van der Waals surface area contributed by atoms with Gasteiger partial charge in [-0.2, -0.15) is 0 Å². The van der Waals surface area contributed by atoms with Crippen LogP contribution in [0, 0.1) is 17.2 Å². The van der Waals surface area contributed by atoms with Crippen molar-refractivity contribution in [3.05, 3.63) is 29.6 Å². The number of piperidine rings is 1. The lowest BCUT2D eigenvalue weighted by molar-refractivity contribution is 0.198. The number of anilines is 1. The molecule has 1 aromatic rings. The maximum atomic E-state index is 14.2. The molecule has 0 unspecified atom stereocenters. The van der Waals surface area contributed by atoms with Gasteiger partial charge >= 0.3 is 0 Å². The van der Waals surface area contributed by atoms with E-state index in [4.69, 9.17) is 5.73 Å². The van der Waals surface area contributed by atoms with Gasteiger partial charge in [-0.15, -0.1) is 0 Å². The lowest BCUT2D eigenvalue weighted by atomic mass is 9.75. The highest BCUT2D eigenvalue weighted by molar-refractivity contribution is 5.49. The molecule has 0 spiro atoms. The zero-order chi connectivity index (χ0) is 14.8. The van der Waals surface area contributed by atoms with E-state index in [-0.39, 0.29) is 5.82 Å². The van der Waals surface area contributed by atoms with Crippen molar-refractivity contribution in [1.29, 1.82) is 0 Å². The number of nitrogens with zero attached hydrogens (tertiary/aromatic N) is 1. The minimum atomic E-state index is -0.106. The molecule has 0 aromatic heterocycles. The fourth-order valence-corrected chi connectivity index (χ4v) is 3.12. The molecule has 1 aromatic carbocycles. The van der Waals surface area contributed by atoms with Crippen molar-refractivity contribution in [2.75, 3.05) is 24.5 Å². The van der Waals surface area contributed by atoms with Crippen molar-refractivity contribution < 1.29 is 4.39 Å². The summed E-state index contributed by atoms with van der Waals surface area (Å²) in [5.74, 6) is 0.628. The molecule has 2 nitrogen and oxygen atoms in total. The Morgan fingerprint density at radius 2 is 1.90 bits per heavy atom. The molecule has 3 heteroatoms. The second kappa shape index (κ2) is 6.13. The van der Waals surface area contributed by atoms with Crippen LogP contribution in [0.4, 0.5) is 10.1 Å².